The lowest BCUT2D eigenvalue weighted by atomic mass is 9.88. The van der Waals surface area contributed by atoms with Crippen molar-refractivity contribution in [3.8, 4) is 0 Å². The lowest BCUT2D eigenvalue weighted by Gasteiger charge is -2.20. The van der Waals surface area contributed by atoms with Gasteiger partial charge in [0.05, 0.1) is 10.7 Å². The van der Waals surface area contributed by atoms with Crippen molar-refractivity contribution in [1.82, 2.24) is 4.98 Å². The molecule has 14 heavy (non-hydrogen) atoms. The first kappa shape index (κ1) is 11.7. The molecule has 1 aromatic rings. The van der Waals surface area contributed by atoms with E-state index in [0.29, 0.717) is 6.54 Å². The minimum atomic E-state index is 0.178. The van der Waals surface area contributed by atoms with Crippen LogP contribution in [0.15, 0.2) is 5.38 Å². The van der Waals surface area contributed by atoms with Crippen LogP contribution in [0.1, 0.15) is 37.9 Å². The third-order valence-electron chi connectivity index (χ3n) is 2.28. The van der Waals surface area contributed by atoms with Gasteiger partial charge in [-0.15, -0.1) is 11.3 Å². The van der Waals surface area contributed by atoms with Crippen LogP contribution in [0.2, 0.25) is 0 Å². The maximum atomic E-state index is 5.70. The Morgan fingerprint density at radius 3 is 2.79 bits per heavy atom. The second-order valence-corrected chi connectivity index (χ2v) is 5.47. The second kappa shape index (κ2) is 4.89. The minimum absolute atomic E-state index is 0.178. The molecule has 0 saturated heterocycles. The minimum Gasteiger partial charge on any atom is -0.330 e. The van der Waals surface area contributed by atoms with Crippen molar-refractivity contribution in [1.29, 1.82) is 0 Å². The van der Waals surface area contributed by atoms with Gasteiger partial charge < -0.3 is 5.73 Å². The lowest BCUT2D eigenvalue weighted by molar-refractivity contribution is 0.373. The zero-order valence-corrected chi connectivity index (χ0v) is 10.2. The molecule has 0 fully saturated rings. The van der Waals surface area contributed by atoms with Gasteiger partial charge in [0.1, 0.15) is 0 Å². The Balaban J connectivity index is 2.59. The summed E-state index contributed by atoms with van der Waals surface area (Å²) in [5.41, 5.74) is 7.08. The van der Waals surface area contributed by atoms with Gasteiger partial charge >= 0.3 is 0 Å². The third-order valence-corrected chi connectivity index (χ3v) is 3.23. The van der Waals surface area contributed by atoms with E-state index >= 15 is 0 Å². The fourth-order valence-electron chi connectivity index (χ4n) is 1.32. The molecule has 2 nitrogen and oxygen atoms in total. The van der Waals surface area contributed by atoms with Gasteiger partial charge in [-0.05, 0) is 31.2 Å². The molecule has 2 N–H and O–H groups in total. The molecule has 80 valence electrons. The van der Waals surface area contributed by atoms with E-state index in [0.717, 1.165) is 12.8 Å². The molecule has 1 aromatic heterocycles. The molecule has 0 atom stereocenters. The van der Waals surface area contributed by atoms with Crippen LogP contribution in [0.3, 0.4) is 0 Å². The molecule has 0 bridgehead atoms. The summed E-state index contributed by atoms with van der Waals surface area (Å²) in [7, 11) is 0. The van der Waals surface area contributed by atoms with Gasteiger partial charge in [-0.2, -0.15) is 0 Å². The van der Waals surface area contributed by atoms with Crippen LogP contribution in [0, 0.1) is 5.41 Å². The predicted molar refractivity (Wildman–Crippen MR) is 62.6 cm³/mol. The number of nitrogens with zero attached hydrogens (tertiary/aromatic N) is 1. The van der Waals surface area contributed by atoms with Crippen LogP contribution >= 0.6 is 11.3 Å². The fraction of sp³-hybridized carbons (Fsp3) is 0.727. The van der Waals surface area contributed by atoms with Crippen molar-refractivity contribution in [3.05, 3.63) is 16.1 Å². The monoisotopic (exact) mass is 212 g/mol. The summed E-state index contributed by atoms with van der Waals surface area (Å²) in [6.45, 7) is 7.27. The van der Waals surface area contributed by atoms with E-state index < -0.39 is 0 Å². The summed E-state index contributed by atoms with van der Waals surface area (Å²) in [6, 6.07) is 0. The van der Waals surface area contributed by atoms with Crippen LogP contribution in [0.4, 0.5) is 0 Å². The van der Waals surface area contributed by atoms with Crippen molar-refractivity contribution >= 4 is 11.3 Å². The molecule has 0 aliphatic rings. The third kappa shape index (κ3) is 3.39. The molecule has 1 heterocycles. The normalized spacial score (nSPS) is 12.0. The molecule has 1 rings (SSSR count). The van der Waals surface area contributed by atoms with Crippen molar-refractivity contribution in [3.63, 3.8) is 0 Å². The Morgan fingerprint density at radius 2 is 2.21 bits per heavy atom. The number of aromatic nitrogens is 1. The number of thiazole rings is 1. The highest BCUT2D eigenvalue weighted by molar-refractivity contribution is 7.09. The summed E-state index contributed by atoms with van der Waals surface area (Å²) in [4.78, 5) is 4.60. The van der Waals surface area contributed by atoms with Gasteiger partial charge in [-0.25, -0.2) is 4.98 Å². The zero-order chi connectivity index (χ0) is 10.6. The first-order chi connectivity index (χ1) is 6.57. The Hall–Kier alpha value is -0.410. The van der Waals surface area contributed by atoms with E-state index in [2.05, 4.69) is 31.1 Å². The SMILES string of the molecule is CCCc1nc(CC(C)(C)CN)cs1. The molecule has 0 unspecified atom stereocenters. The zero-order valence-electron chi connectivity index (χ0n) is 9.34. The maximum Gasteiger partial charge on any atom is 0.0928 e. The molecule has 0 spiro atoms. The molecule has 0 saturated carbocycles. The van der Waals surface area contributed by atoms with E-state index in [1.807, 2.05) is 0 Å². The van der Waals surface area contributed by atoms with E-state index in [1.54, 1.807) is 11.3 Å². The molecule has 0 aliphatic carbocycles. The fourth-order valence-corrected chi connectivity index (χ4v) is 2.22. The second-order valence-electron chi connectivity index (χ2n) is 4.53. The molecule has 0 aliphatic heterocycles. The largest absolute Gasteiger partial charge is 0.330 e. The van der Waals surface area contributed by atoms with E-state index in [4.69, 9.17) is 5.73 Å². The highest BCUT2D eigenvalue weighted by Gasteiger charge is 2.17. The number of hydrogen-bond donors (Lipinski definition) is 1. The number of nitrogens with two attached hydrogens (primary N) is 1. The summed E-state index contributed by atoms with van der Waals surface area (Å²) in [6.07, 6.45) is 3.27. The van der Waals surface area contributed by atoms with Gasteiger partial charge in [-0.1, -0.05) is 20.8 Å². The Morgan fingerprint density at radius 1 is 1.50 bits per heavy atom. The number of aryl methyl sites for hydroxylation is 1. The van der Waals surface area contributed by atoms with E-state index in [9.17, 15) is 0 Å². The topological polar surface area (TPSA) is 38.9 Å². The van der Waals surface area contributed by atoms with E-state index in [1.165, 1.54) is 17.1 Å². The average Bonchev–Trinajstić information content (AvgIpc) is 2.53. The predicted octanol–water partition coefficient (Wildman–Crippen LogP) is 2.62. The van der Waals surface area contributed by atoms with Crippen molar-refractivity contribution < 1.29 is 0 Å². The van der Waals surface area contributed by atoms with Crippen LogP contribution in [-0.4, -0.2) is 11.5 Å². The standard InChI is InChI=1S/C11H20N2S/c1-4-5-10-13-9(7-14-10)6-11(2,3)8-12/h7H,4-6,8,12H2,1-3H3. The molecule has 0 aromatic carbocycles. The maximum absolute atomic E-state index is 5.70. The Labute approximate surface area is 90.6 Å². The van der Waals surface area contributed by atoms with Crippen LogP contribution in [0.5, 0.6) is 0 Å². The van der Waals surface area contributed by atoms with Gasteiger partial charge in [0.15, 0.2) is 0 Å². The molecular weight excluding hydrogens is 192 g/mol. The highest BCUT2D eigenvalue weighted by atomic mass is 32.1. The Bertz CT molecular complexity index is 279. The van der Waals surface area contributed by atoms with Crippen molar-refractivity contribution in [2.75, 3.05) is 6.54 Å². The highest BCUT2D eigenvalue weighted by Crippen LogP contribution is 2.21. The summed E-state index contributed by atoms with van der Waals surface area (Å²) in [5, 5.41) is 3.43. The lowest BCUT2D eigenvalue weighted by Crippen LogP contribution is -2.26. The first-order valence-corrected chi connectivity index (χ1v) is 6.08. The van der Waals surface area contributed by atoms with Gasteiger partial charge in [0.2, 0.25) is 0 Å². The van der Waals surface area contributed by atoms with E-state index in [-0.39, 0.29) is 5.41 Å². The quantitative estimate of drug-likeness (QED) is 0.815. The van der Waals surface area contributed by atoms with Gasteiger partial charge in [0.25, 0.3) is 0 Å². The first-order valence-electron chi connectivity index (χ1n) is 5.21. The van der Waals surface area contributed by atoms with Crippen molar-refractivity contribution in [2.45, 2.75) is 40.0 Å². The van der Waals surface area contributed by atoms with Gasteiger partial charge in [0, 0.05) is 5.38 Å². The molecule has 0 amide bonds. The number of rotatable bonds is 5. The molecular formula is C11H20N2S. The molecule has 3 heteroatoms. The Kier molecular flexibility index (Phi) is 4.08. The smallest absolute Gasteiger partial charge is 0.0928 e. The molecule has 0 radical (unpaired) electrons. The van der Waals surface area contributed by atoms with Crippen LogP contribution < -0.4 is 5.73 Å². The summed E-state index contributed by atoms with van der Waals surface area (Å²) in [5.74, 6) is 0. The summed E-state index contributed by atoms with van der Waals surface area (Å²) >= 11 is 1.77. The number of hydrogen-bond acceptors (Lipinski definition) is 3. The average molecular weight is 212 g/mol. The van der Waals surface area contributed by atoms with Crippen LogP contribution in [0.25, 0.3) is 0 Å². The van der Waals surface area contributed by atoms with Gasteiger partial charge in [-0.3, -0.25) is 0 Å². The van der Waals surface area contributed by atoms with Crippen LogP contribution in [-0.2, 0) is 12.8 Å². The summed E-state index contributed by atoms with van der Waals surface area (Å²) < 4.78 is 0. The van der Waals surface area contributed by atoms with Crippen molar-refractivity contribution in [2.24, 2.45) is 11.1 Å².